The molecule has 4 unspecified atom stereocenters. The molecule has 1 nitrogen and oxygen atoms in total. The molecule has 15 heavy (non-hydrogen) atoms. The van der Waals surface area contributed by atoms with Gasteiger partial charge in [-0.15, -0.1) is 0 Å². The number of nitrogens with one attached hydrogen (secondary N) is 1. The van der Waals surface area contributed by atoms with E-state index in [2.05, 4.69) is 19.2 Å². The third-order valence-corrected chi connectivity index (χ3v) is 4.43. The molecule has 0 bridgehead atoms. The Bertz CT molecular complexity index is 182. The lowest BCUT2D eigenvalue weighted by Gasteiger charge is -2.33. The summed E-state index contributed by atoms with van der Waals surface area (Å²) in [6.45, 7) is 6.06. The molecule has 1 saturated heterocycles. The smallest absolute Gasteiger partial charge is 0.00699 e. The molecule has 0 aromatic heterocycles. The van der Waals surface area contributed by atoms with E-state index < -0.39 is 0 Å². The SMILES string of the molecule is CC1CCC(CC2CCCC(C)C2)NC1. The van der Waals surface area contributed by atoms with Gasteiger partial charge in [0.2, 0.25) is 0 Å². The zero-order valence-corrected chi connectivity index (χ0v) is 10.5. The lowest BCUT2D eigenvalue weighted by molar-refractivity contribution is 0.219. The Morgan fingerprint density at radius 1 is 1.00 bits per heavy atom. The third kappa shape index (κ3) is 3.48. The third-order valence-electron chi connectivity index (χ3n) is 4.43. The van der Waals surface area contributed by atoms with Crippen LogP contribution in [0.15, 0.2) is 0 Å². The van der Waals surface area contributed by atoms with Gasteiger partial charge in [-0.3, -0.25) is 0 Å². The molecule has 1 aliphatic carbocycles. The van der Waals surface area contributed by atoms with Crippen LogP contribution in [0.5, 0.6) is 0 Å². The summed E-state index contributed by atoms with van der Waals surface area (Å²) in [6.07, 6.45) is 10.3. The molecule has 1 aliphatic heterocycles. The summed E-state index contributed by atoms with van der Waals surface area (Å²) in [7, 11) is 0. The first-order valence-corrected chi connectivity index (χ1v) is 6.97. The van der Waals surface area contributed by atoms with Gasteiger partial charge in [0.15, 0.2) is 0 Å². The molecule has 0 radical (unpaired) electrons. The molecule has 2 fully saturated rings. The van der Waals surface area contributed by atoms with Crippen molar-refractivity contribution in [1.82, 2.24) is 5.32 Å². The summed E-state index contributed by atoms with van der Waals surface area (Å²) in [4.78, 5) is 0. The predicted molar refractivity (Wildman–Crippen MR) is 65.9 cm³/mol. The summed E-state index contributed by atoms with van der Waals surface area (Å²) in [5.74, 6) is 2.93. The van der Waals surface area contributed by atoms with E-state index in [0.29, 0.717) is 0 Å². The Morgan fingerprint density at radius 3 is 2.53 bits per heavy atom. The average molecular weight is 209 g/mol. The van der Waals surface area contributed by atoms with Crippen molar-refractivity contribution in [3.05, 3.63) is 0 Å². The Labute approximate surface area is 95.0 Å². The quantitative estimate of drug-likeness (QED) is 0.733. The van der Waals surface area contributed by atoms with Crippen molar-refractivity contribution in [2.45, 2.75) is 64.8 Å². The number of hydrogen-bond acceptors (Lipinski definition) is 1. The molecule has 2 rings (SSSR count). The Hall–Kier alpha value is -0.0400. The Kier molecular flexibility index (Phi) is 4.07. The highest BCUT2D eigenvalue weighted by atomic mass is 14.9. The van der Waals surface area contributed by atoms with Gasteiger partial charge in [-0.05, 0) is 50.0 Å². The molecule has 2 aliphatic rings. The van der Waals surface area contributed by atoms with Crippen molar-refractivity contribution in [2.75, 3.05) is 6.54 Å². The molecular weight excluding hydrogens is 182 g/mol. The monoisotopic (exact) mass is 209 g/mol. The van der Waals surface area contributed by atoms with Crippen LogP contribution in [-0.4, -0.2) is 12.6 Å². The Morgan fingerprint density at radius 2 is 1.87 bits per heavy atom. The van der Waals surface area contributed by atoms with E-state index in [0.717, 1.165) is 23.8 Å². The van der Waals surface area contributed by atoms with E-state index in [4.69, 9.17) is 0 Å². The van der Waals surface area contributed by atoms with E-state index in [9.17, 15) is 0 Å². The fraction of sp³-hybridized carbons (Fsp3) is 1.00. The fourth-order valence-corrected chi connectivity index (χ4v) is 3.44. The minimum atomic E-state index is 0.844. The molecule has 4 atom stereocenters. The van der Waals surface area contributed by atoms with Gasteiger partial charge in [0.25, 0.3) is 0 Å². The van der Waals surface area contributed by atoms with Crippen molar-refractivity contribution in [2.24, 2.45) is 17.8 Å². The lowest BCUT2D eigenvalue weighted by Crippen LogP contribution is -2.39. The zero-order valence-electron chi connectivity index (χ0n) is 10.5. The maximum absolute atomic E-state index is 3.73. The van der Waals surface area contributed by atoms with Gasteiger partial charge in [0.1, 0.15) is 0 Å². The fourth-order valence-electron chi connectivity index (χ4n) is 3.44. The molecule has 0 aromatic rings. The maximum atomic E-state index is 3.73. The van der Waals surface area contributed by atoms with Gasteiger partial charge < -0.3 is 5.32 Å². The summed E-state index contributed by atoms with van der Waals surface area (Å²) >= 11 is 0. The topological polar surface area (TPSA) is 12.0 Å². The van der Waals surface area contributed by atoms with Gasteiger partial charge in [-0.1, -0.05) is 33.1 Å². The molecular formula is C14H27N. The van der Waals surface area contributed by atoms with Crippen LogP contribution < -0.4 is 5.32 Å². The van der Waals surface area contributed by atoms with Gasteiger partial charge in [-0.25, -0.2) is 0 Å². The highest BCUT2D eigenvalue weighted by Gasteiger charge is 2.24. The average Bonchev–Trinajstić information content (AvgIpc) is 2.22. The molecule has 0 spiro atoms. The molecule has 0 aromatic carbocycles. The van der Waals surface area contributed by atoms with Crippen molar-refractivity contribution in [3.8, 4) is 0 Å². The predicted octanol–water partition coefficient (Wildman–Crippen LogP) is 3.59. The van der Waals surface area contributed by atoms with E-state index in [1.54, 1.807) is 0 Å². The second kappa shape index (κ2) is 5.34. The summed E-state index contributed by atoms with van der Waals surface area (Å²) in [6, 6.07) is 0.844. The maximum Gasteiger partial charge on any atom is 0.00699 e. The van der Waals surface area contributed by atoms with Crippen molar-refractivity contribution in [1.29, 1.82) is 0 Å². The normalized spacial score (nSPS) is 42.8. The first-order chi connectivity index (χ1) is 7.24. The van der Waals surface area contributed by atoms with Crippen LogP contribution in [-0.2, 0) is 0 Å². The molecule has 1 heterocycles. The van der Waals surface area contributed by atoms with Crippen molar-refractivity contribution >= 4 is 0 Å². The standard InChI is InChI=1S/C14H27N/c1-11-4-3-5-13(8-11)9-14-7-6-12(2)10-15-14/h11-15H,3-10H2,1-2H3. The van der Waals surface area contributed by atoms with Crippen LogP contribution in [0.4, 0.5) is 0 Å². The van der Waals surface area contributed by atoms with Crippen LogP contribution in [0.25, 0.3) is 0 Å². The number of rotatable bonds is 2. The molecule has 1 N–H and O–H groups in total. The van der Waals surface area contributed by atoms with E-state index >= 15 is 0 Å². The Balaban J connectivity index is 1.71. The summed E-state index contributed by atoms with van der Waals surface area (Å²) in [5, 5.41) is 3.73. The molecule has 1 saturated carbocycles. The minimum Gasteiger partial charge on any atom is -0.314 e. The minimum absolute atomic E-state index is 0.844. The van der Waals surface area contributed by atoms with Crippen LogP contribution in [0.1, 0.15) is 58.8 Å². The number of hydrogen-bond donors (Lipinski definition) is 1. The second-order valence-electron chi connectivity index (χ2n) is 6.16. The van der Waals surface area contributed by atoms with Crippen LogP contribution >= 0.6 is 0 Å². The highest BCUT2D eigenvalue weighted by Crippen LogP contribution is 2.32. The largest absolute Gasteiger partial charge is 0.314 e. The summed E-state index contributed by atoms with van der Waals surface area (Å²) in [5.41, 5.74) is 0. The van der Waals surface area contributed by atoms with Crippen LogP contribution in [0.3, 0.4) is 0 Å². The lowest BCUT2D eigenvalue weighted by atomic mass is 9.78. The van der Waals surface area contributed by atoms with E-state index in [1.807, 2.05) is 0 Å². The molecule has 1 heteroatoms. The van der Waals surface area contributed by atoms with Gasteiger partial charge in [0, 0.05) is 6.04 Å². The van der Waals surface area contributed by atoms with E-state index in [-0.39, 0.29) is 0 Å². The van der Waals surface area contributed by atoms with Crippen molar-refractivity contribution in [3.63, 3.8) is 0 Å². The molecule has 88 valence electrons. The van der Waals surface area contributed by atoms with Gasteiger partial charge in [0.05, 0.1) is 0 Å². The van der Waals surface area contributed by atoms with Crippen molar-refractivity contribution < 1.29 is 0 Å². The second-order valence-corrected chi connectivity index (χ2v) is 6.16. The first-order valence-electron chi connectivity index (χ1n) is 6.97. The molecule has 0 amide bonds. The van der Waals surface area contributed by atoms with Gasteiger partial charge >= 0.3 is 0 Å². The zero-order chi connectivity index (χ0) is 10.7. The number of piperidine rings is 1. The van der Waals surface area contributed by atoms with E-state index in [1.165, 1.54) is 51.5 Å². The summed E-state index contributed by atoms with van der Waals surface area (Å²) < 4.78 is 0. The highest BCUT2D eigenvalue weighted by molar-refractivity contribution is 4.80. The van der Waals surface area contributed by atoms with Crippen LogP contribution in [0.2, 0.25) is 0 Å². The van der Waals surface area contributed by atoms with Gasteiger partial charge in [-0.2, -0.15) is 0 Å². The first kappa shape index (κ1) is 11.4. The van der Waals surface area contributed by atoms with Crippen LogP contribution in [0, 0.1) is 17.8 Å².